The molecule has 1 aromatic heterocycles. The maximum atomic E-state index is 12.7. The summed E-state index contributed by atoms with van der Waals surface area (Å²) in [5.41, 5.74) is 3.53. The zero-order valence-corrected chi connectivity index (χ0v) is 14.3. The molecule has 0 saturated carbocycles. The van der Waals surface area contributed by atoms with Crippen molar-refractivity contribution >= 4 is 15.7 Å². The molecule has 25 heavy (non-hydrogen) atoms. The number of tetrazole rings is 1. The van der Waals surface area contributed by atoms with E-state index in [1.807, 2.05) is 6.07 Å². The molecule has 0 amide bonds. The lowest BCUT2D eigenvalue weighted by Crippen LogP contribution is -2.14. The molecule has 1 aliphatic rings. The predicted molar refractivity (Wildman–Crippen MR) is 93.5 cm³/mol. The highest BCUT2D eigenvalue weighted by molar-refractivity contribution is 7.92. The van der Waals surface area contributed by atoms with Crippen LogP contribution < -0.4 is 4.72 Å². The summed E-state index contributed by atoms with van der Waals surface area (Å²) in [5, 5.41) is 13.7. The van der Waals surface area contributed by atoms with Gasteiger partial charge in [0.1, 0.15) is 0 Å². The number of fused-ring (bicyclic) bond motifs is 1. The van der Waals surface area contributed by atoms with Crippen LogP contribution in [-0.2, 0) is 22.9 Å². The first-order valence-corrected chi connectivity index (χ1v) is 9.59. The van der Waals surface area contributed by atoms with Gasteiger partial charge in [-0.3, -0.25) is 4.72 Å². The first-order chi connectivity index (χ1) is 12.1. The Hall–Kier alpha value is -2.74. The van der Waals surface area contributed by atoms with E-state index in [1.165, 1.54) is 12.0 Å². The average molecular weight is 355 g/mol. The molecule has 3 aromatic rings. The maximum absolute atomic E-state index is 12.7. The number of H-pyrrole nitrogens is 1. The number of nitrogens with zero attached hydrogens (tertiary/aromatic N) is 3. The van der Waals surface area contributed by atoms with E-state index < -0.39 is 10.0 Å². The summed E-state index contributed by atoms with van der Waals surface area (Å²) in [4.78, 5) is 0.290. The molecule has 0 bridgehead atoms. The van der Waals surface area contributed by atoms with E-state index in [2.05, 4.69) is 25.3 Å². The Balaban J connectivity index is 1.62. The van der Waals surface area contributed by atoms with E-state index in [0.29, 0.717) is 17.1 Å². The number of anilines is 1. The van der Waals surface area contributed by atoms with Gasteiger partial charge in [0.2, 0.25) is 5.82 Å². The van der Waals surface area contributed by atoms with Crippen molar-refractivity contribution in [1.29, 1.82) is 0 Å². The van der Waals surface area contributed by atoms with Gasteiger partial charge in [0.25, 0.3) is 10.0 Å². The van der Waals surface area contributed by atoms with Crippen molar-refractivity contribution in [2.45, 2.75) is 30.6 Å². The van der Waals surface area contributed by atoms with E-state index in [0.717, 1.165) is 24.8 Å². The number of nitrogens with one attached hydrogen (secondary N) is 2. The Morgan fingerprint density at radius 3 is 2.64 bits per heavy atom. The zero-order chi connectivity index (χ0) is 17.3. The van der Waals surface area contributed by atoms with Gasteiger partial charge >= 0.3 is 0 Å². The van der Waals surface area contributed by atoms with Crippen molar-refractivity contribution in [2.75, 3.05) is 4.72 Å². The predicted octanol–water partition coefficient (Wildman–Crippen LogP) is 2.55. The van der Waals surface area contributed by atoms with Crippen molar-refractivity contribution < 1.29 is 8.42 Å². The molecule has 7 nitrogen and oxygen atoms in total. The van der Waals surface area contributed by atoms with Gasteiger partial charge in [0.05, 0.1) is 4.90 Å². The molecule has 0 spiro atoms. The van der Waals surface area contributed by atoms with Crippen LogP contribution in [0.3, 0.4) is 0 Å². The number of hydrogen-bond acceptors (Lipinski definition) is 5. The smallest absolute Gasteiger partial charge is 0.261 e. The molecule has 128 valence electrons. The zero-order valence-electron chi connectivity index (χ0n) is 13.4. The van der Waals surface area contributed by atoms with E-state index in [-0.39, 0.29) is 4.90 Å². The molecule has 2 N–H and O–H groups in total. The Kier molecular flexibility index (Phi) is 3.96. The van der Waals surface area contributed by atoms with Gasteiger partial charge in [-0.2, -0.15) is 5.21 Å². The minimum atomic E-state index is -3.65. The fraction of sp³-hybridized carbons (Fsp3) is 0.235. The lowest BCUT2D eigenvalue weighted by molar-refractivity contribution is 0.600. The monoisotopic (exact) mass is 355 g/mol. The molecule has 0 fully saturated rings. The highest BCUT2D eigenvalue weighted by atomic mass is 32.2. The van der Waals surface area contributed by atoms with Crippen LogP contribution in [0.2, 0.25) is 0 Å². The number of hydrogen-bond donors (Lipinski definition) is 2. The summed E-state index contributed by atoms with van der Waals surface area (Å²) in [7, 11) is -3.65. The summed E-state index contributed by atoms with van der Waals surface area (Å²) in [6.07, 6.45) is 4.23. The molecule has 8 heteroatoms. The Labute approximate surface area is 145 Å². The van der Waals surface area contributed by atoms with E-state index in [1.54, 1.807) is 36.4 Å². The van der Waals surface area contributed by atoms with E-state index >= 15 is 0 Å². The van der Waals surface area contributed by atoms with Gasteiger partial charge < -0.3 is 0 Å². The van der Waals surface area contributed by atoms with Gasteiger partial charge in [-0.15, -0.1) is 10.2 Å². The normalized spacial score (nSPS) is 14.1. The molecular weight excluding hydrogens is 338 g/mol. The van der Waals surface area contributed by atoms with Crippen LogP contribution in [0.25, 0.3) is 11.4 Å². The third-order valence-corrected chi connectivity index (χ3v) is 5.73. The summed E-state index contributed by atoms with van der Waals surface area (Å²) < 4.78 is 28.1. The topological polar surface area (TPSA) is 101 Å². The summed E-state index contributed by atoms with van der Waals surface area (Å²) >= 11 is 0. The number of aryl methyl sites for hydroxylation is 2. The molecule has 0 unspecified atom stereocenters. The first-order valence-electron chi connectivity index (χ1n) is 8.10. The number of sulfonamides is 1. The molecule has 1 heterocycles. The molecule has 1 aliphatic carbocycles. The van der Waals surface area contributed by atoms with Crippen LogP contribution in [0, 0.1) is 0 Å². The van der Waals surface area contributed by atoms with Crippen molar-refractivity contribution in [3.8, 4) is 11.4 Å². The fourth-order valence-electron chi connectivity index (χ4n) is 3.10. The van der Waals surface area contributed by atoms with Gasteiger partial charge in [0.15, 0.2) is 0 Å². The van der Waals surface area contributed by atoms with E-state index in [9.17, 15) is 8.42 Å². The molecular formula is C17H17N5O2S. The molecule has 0 atom stereocenters. The molecule has 2 aromatic carbocycles. The lowest BCUT2D eigenvalue weighted by Gasteiger charge is -2.17. The van der Waals surface area contributed by atoms with Gasteiger partial charge in [-0.05, 0) is 66.3 Å². The summed E-state index contributed by atoms with van der Waals surface area (Å²) in [6, 6.07) is 12.3. The second-order valence-electron chi connectivity index (χ2n) is 6.06. The van der Waals surface area contributed by atoms with Crippen LogP contribution in [0.1, 0.15) is 24.0 Å². The Bertz CT molecular complexity index is 1000. The van der Waals surface area contributed by atoms with E-state index in [4.69, 9.17) is 0 Å². The largest absolute Gasteiger partial charge is 0.280 e. The van der Waals surface area contributed by atoms with Gasteiger partial charge in [-0.25, -0.2) is 8.42 Å². The molecule has 0 radical (unpaired) electrons. The number of aromatic nitrogens is 4. The summed E-state index contributed by atoms with van der Waals surface area (Å²) in [5.74, 6) is 0.412. The lowest BCUT2D eigenvalue weighted by atomic mass is 9.92. The number of rotatable bonds is 4. The van der Waals surface area contributed by atoms with Crippen molar-refractivity contribution in [2.24, 2.45) is 0 Å². The van der Waals surface area contributed by atoms with Crippen LogP contribution in [0.15, 0.2) is 47.4 Å². The quantitative estimate of drug-likeness (QED) is 0.749. The second kappa shape index (κ2) is 6.29. The molecule has 0 aliphatic heterocycles. The first kappa shape index (κ1) is 15.8. The standard InChI is InChI=1S/C17H17N5O2S/c23-25(24,16-9-8-12-4-1-2-5-13(12)11-16)20-15-7-3-6-14(10-15)17-18-21-22-19-17/h3,6-11,20H,1-2,4-5H2,(H,18,19,21,22). The number of benzene rings is 2. The fourth-order valence-corrected chi connectivity index (χ4v) is 4.20. The number of aromatic amines is 1. The molecule has 4 rings (SSSR count). The highest BCUT2D eigenvalue weighted by Gasteiger charge is 2.18. The van der Waals surface area contributed by atoms with Crippen LogP contribution in [0.5, 0.6) is 0 Å². The minimum absolute atomic E-state index is 0.290. The SMILES string of the molecule is O=S(=O)(Nc1cccc(-c2nn[nH]n2)c1)c1ccc2c(c1)CCCC2. The van der Waals surface area contributed by atoms with Crippen LogP contribution >= 0.6 is 0 Å². The highest BCUT2D eigenvalue weighted by Crippen LogP contribution is 2.26. The van der Waals surface area contributed by atoms with Crippen molar-refractivity contribution in [3.05, 3.63) is 53.6 Å². The third-order valence-electron chi connectivity index (χ3n) is 4.35. The van der Waals surface area contributed by atoms with Crippen LogP contribution in [0.4, 0.5) is 5.69 Å². The second-order valence-corrected chi connectivity index (χ2v) is 7.74. The van der Waals surface area contributed by atoms with Crippen LogP contribution in [-0.4, -0.2) is 29.0 Å². The third kappa shape index (κ3) is 3.25. The molecule has 0 saturated heterocycles. The van der Waals surface area contributed by atoms with Crippen molar-refractivity contribution in [3.63, 3.8) is 0 Å². The van der Waals surface area contributed by atoms with Gasteiger partial charge in [0, 0.05) is 11.3 Å². The van der Waals surface area contributed by atoms with Crippen molar-refractivity contribution in [1.82, 2.24) is 20.6 Å². The average Bonchev–Trinajstić information content (AvgIpc) is 3.16. The minimum Gasteiger partial charge on any atom is -0.280 e. The summed E-state index contributed by atoms with van der Waals surface area (Å²) in [6.45, 7) is 0. The maximum Gasteiger partial charge on any atom is 0.261 e. The Morgan fingerprint density at radius 1 is 1.00 bits per heavy atom. The van der Waals surface area contributed by atoms with Gasteiger partial charge in [-0.1, -0.05) is 18.2 Å². The Morgan fingerprint density at radius 2 is 1.84 bits per heavy atom.